The van der Waals surface area contributed by atoms with Gasteiger partial charge in [-0.1, -0.05) is 17.7 Å². The number of hydrogen-bond acceptors (Lipinski definition) is 2. The molecule has 6 heteroatoms. The number of benzene rings is 1. The minimum atomic E-state index is -0.110. The van der Waals surface area contributed by atoms with Gasteiger partial charge in [0.25, 0.3) is 5.91 Å². The standard InChI is InChI=1S/C17H24ClN3O2/c1-3-20(4-2)17(23)21-10-8-15(9-11-21)19-16(22)13-6-5-7-14(18)12-13/h5-7,12,15H,3-4,8-11H2,1-2H3,(H,19,22). The summed E-state index contributed by atoms with van der Waals surface area (Å²) in [5.74, 6) is -0.110. The van der Waals surface area contributed by atoms with Crippen molar-refractivity contribution in [2.45, 2.75) is 32.7 Å². The van der Waals surface area contributed by atoms with E-state index >= 15 is 0 Å². The Bertz CT molecular complexity index is 553. The largest absolute Gasteiger partial charge is 0.349 e. The Hall–Kier alpha value is -1.75. The summed E-state index contributed by atoms with van der Waals surface area (Å²) in [7, 11) is 0. The number of carbonyl (C=O) groups excluding carboxylic acids is 2. The van der Waals surface area contributed by atoms with Gasteiger partial charge in [0.1, 0.15) is 0 Å². The van der Waals surface area contributed by atoms with E-state index in [4.69, 9.17) is 11.6 Å². The molecule has 23 heavy (non-hydrogen) atoms. The molecule has 1 N–H and O–H groups in total. The number of rotatable bonds is 4. The molecule has 1 fully saturated rings. The second-order valence-electron chi connectivity index (χ2n) is 5.70. The Balaban J connectivity index is 1.85. The number of halogens is 1. The molecule has 0 aliphatic carbocycles. The molecule has 0 radical (unpaired) electrons. The van der Waals surface area contributed by atoms with E-state index in [0.29, 0.717) is 23.7 Å². The molecular weight excluding hydrogens is 314 g/mol. The molecule has 1 aromatic rings. The van der Waals surface area contributed by atoms with Gasteiger partial charge in [0.15, 0.2) is 0 Å². The van der Waals surface area contributed by atoms with Crippen LogP contribution in [0.5, 0.6) is 0 Å². The monoisotopic (exact) mass is 337 g/mol. The predicted octanol–water partition coefficient (Wildman–Crippen LogP) is 3.00. The maximum absolute atomic E-state index is 12.3. The van der Waals surface area contributed by atoms with E-state index in [1.807, 2.05) is 23.6 Å². The molecule has 1 aliphatic rings. The normalized spacial score (nSPS) is 15.3. The molecule has 126 valence electrons. The number of urea groups is 1. The van der Waals surface area contributed by atoms with Crippen LogP contribution in [-0.2, 0) is 0 Å². The average Bonchev–Trinajstić information content (AvgIpc) is 2.56. The van der Waals surface area contributed by atoms with Crippen molar-refractivity contribution in [3.05, 3.63) is 34.9 Å². The number of nitrogens with one attached hydrogen (secondary N) is 1. The lowest BCUT2D eigenvalue weighted by molar-refractivity contribution is 0.0911. The zero-order chi connectivity index (χ0) is 16.8. The summed E-state index contributed by atoms with van der Waals surface area (Å²) in [6.45, 7) is 6.77. The fourth-order valence-electron chi connectivity index (χ4n) is 2.81. The lowest BCUT2D eigenvalue weighted by Gasteiger charge is -2.35. The van der Waals surface area contributed by atoms with Gasteiger partial charge in [0, 0.05) is 42.8 Å². The Morgan fingerprint density at radius 2 is 1.91 bits per heavy atom. The van der Waals surface area contributed by atoms with Gasteiger partial charge in [0.05, 0.1) is 0 Å². The fourth-order valence-corrected chi connectivity index (χ4v) is 3.00. The van der Waals surface area contributed by atoms with E-state index in [9.17, 15) is 9.59 Å². The van der Waals surface area contributed by atoms with Crippen molar-refractivity contribution < 1.29 is 9.59 Å². The first-order chi connectivity index (χ1) is 11.0. The molecule has 0 aromatic heterocycles. The molecule has 1 aliphatic heterocycles. The second-order valence-corrected chi connectivity index (χ2v) is 6.14. The van der Waals surface area contributed by atoms with Gasteiger partial charge in [-0.05, 0) is 44.9 Å². The van der Waals surface area contributed by atoms with E-state index in [-0.39, 0.29) is 18.0 Å². The number of hydrogen-bond donors (Lipinski definition) is 1. The van der Waals surface area contributed by atoms with Crippen molar-refractivity contribution in [1.29, 1.82) is 0 Å². The zero-order valence-corrected chi connectivity index (χ0v) is 14.5. The smallest absolute Gasteiger partial charge is 0.319 e. The molecule has 0 spiro atoms. The van der Waals surface area contributed by atoms with Gasteiger partial charge in [-0.3, -0.25) is 4.79 Å². The van der Waals surface area contributed by atoms with Crippen molar-refractivity contribution >= 4 is 23.5 Å². The van der Waals surface area contributed by atoms with Crippen LogP contribution in [0.2, 0.25) is 5.02 Å². The van der Waals surface area contributed by atoms with E-state index in [1.54, 1.807) is 24.3 Å². The van der Waals surface area contributed by atoms with Crippen LogP contribution in [0.4, 0.5) is 4.79 Å². The number of piperidine rings is 1. The van der Waals surface area contributed by atoms with Gasteiger partial charge in [-0.15, -0.1) is 0 Å². The van der Waals surface area contributed by atoms with Crippen molar-refractivity contribution in [2.75, 3.05) is 26.2 Å². The van der Waals surface area contributed by atoms with Crippen LogP contribution in [0.15, 0.2) is 24.3 Å². The molecular formula is C17H24ClN3O2. The number of carbonyl (C=O) groups is 2. The average molecular weight is 338 g/mol. The molecule has 0 bridgehead atoms. The summed E-state index contributed by atoms with van der Waals surface area (Å²) in [4.78, 5) is 28.2. The molecule has 1 heterocycles. The first kappa shape index (κ1) is 17.6. The topological polar surface area (TPSA) is 52.7 Å². The van der Waals surface area contributed by atoms with Crippen LogP contribution < -0.4 is 5.32 Å². The van der Waals surface area contributed by atoms with Crippen molar-refractivity contribution in [3.63, 3.8) is 0 Å². The molecule has 2 rings (SSSR count). The van der Waals surface area contributed by atoms with E-state index in [2.05, 4.69) is 5.32 Å². The van der Waals surface area contributed by atoms with Crippen LogP contribution in [0.1, 0.15) is 37.0 Å². The summed E-state index contributed by atoms with van der Waals surface area (Å²) in [5.41, 5.74) is 0.569. The Kier molecular flexibility index (Phi) is 6.28. The van der Waals surface area contributed by atoms with Gasteiger partial charge in [0.2, 0.25) is 0 Å². The third-order valence-corrected chi connectivity index (χ3v) is 4.46. The Morgan fingerprint density at radius 3 is 2.48 bits per heavy atom. The van der Waals surface area contributed by atoms with Crippen LogP contribution in [-0.4, -0.2) is 54.0 Å². The summed E-state index contributed by atoms with van der Waals surface area (Å²) in [6, 6.07) is 7.12. The summed E-state index contributed by atoms with van der Waals surface area (Å²) < 4.78 is 0. The van der Waals surface area contributed by atoms with Gasteiger partial charge in [-0.2, -0.15) is 0 Å². The maximum atomic E-state index is 12.3. The minimum Gasteiger partial charge on any atom is -0.349 e. The lowest BCUT2D eigenvalue weighted by Crippen LogP contribution is -2.50. The summed E-state index contributed by atoms with van der Waals surface area (Å²) in [6.07, 6.45) is 1.55. The Labute approximate surface area is 142 Å². The highest BCUT2D eigenvalue weighted by molar-refractivity contribution is 6.30. The van der Waals surface area contributed by atoms with Crippen LogP contribution in [0.25, 0.3) is 0 Å². The van der Waals surface area contributed by atoms with E-state index < -0.39 is 0 Å². The third-order valence-electron chi connectivity index (χ3n) is 4.22. The maximum Gasteiger partial charge on any atom is 0.319 e. The SMILES string of the molecule is CCN(CC)C(=O)N1CCC(NC(=O)c2cccc(Cl)c2)CC1. The number of nitrogens with zero attached hydrogens (tertiary/aromatic N) is 2. The first-order valence-electron chi connectivity index (χ1n) is 8.15. The first-order valence-corrected chi connectivity index (χ1v) is 8.53. The molecule has 5 nitrogen and oxygen atoms in total. The van der Waals surface area contributed by atoms with E-state index in [0.717, 1.165) is 25.9 Å². The van der Waals surface area contributed by atoms with Gasteiger partial charge in [-0.25, -0.2) is 4.79 Å². The minimum absolute atomic E-state index is 0.0922. The molecule has 0 unspecified atom stereocenters. The molecule has 0 saturated carbocycles. The van der Waals surface area contributed by atoms with Crippen molar-refractivity contribution in [2.24, 2.45) is 0 Å². The van der Waals surface area contributed by atoms with Gasteiger partial charge < -0.3 is 15.1 Å². The molecule has 0 atom stereocenters. The molecule has 1 saturated heterocycles. The fraction of sp³-hybridized carbons (Fsp3) is 0.529. The molecule has 1 aromatic carbocycles. The van der Waals surface area contributed by atoms with Crippen LogP contribution >= 0.6 is 11.6 Å². The third kappa shape index (κ3) is 4.61. The Morgan fingerprint density at radius 1 is 1.26 bits per heavy atom. The summed E-state index contributed by atoms with van der Waals surface area (Å²) >= 11 is 5.91. The van der Waals surface area contributed by atoms with Crippen LogP contribution in [0.3, 0.4) is 0 Å². The highest BCUT2D eigenvalue weighted by Gasteiger charge is 2.26. The highest BCUT2D eigenvalue weighted by atomic mass is 35.5. The second kappa shape index (κ2) is 8.20. The van der Waals surface area contributed by atoms with Crippen molar-refractivity contribution in [1.82, 2.24) is 15.1 Å². The highest BCUT2D eigenvalue weighted by Crippen LogP contribution is 2.15. The van der Waals surface area contributed by atoms with Crippen molar-refractivity contribution in [3.8, 4) is 0 Å². The van der Waals surface area contributed by atoms with E-state index in [1.165, 1.54) is 0 Å². The number of likely N-dealkylation sites (tertiary alicyclic amines) is 1. The lowest BCUT2D eigenvalue weighted by atomic mass is 10.0. The summed E-state index contributed by atoms with van der Waals surface area (Å²) in [5, 5.41) is 3.58. The zero-order valence-electron chi connectivity index (χ0n) is 13.7. The number of amides is 3. The quantitative estimate of drug-likeness (QED) is 0.918. The van der Waals surface area contributed by atoms with Crippen LogP contribution in [0, 0.1) is 0 Å². The van der Waals surface area contributed by atoms with Gasteiger partial charge >= 0.3 is 6.03 Å². The molecule has 3 amide bonds. The predicted molar refractivity (Wildman–Crippen MR) is 91.8 cm³/mol.